The summed E-state index contributed by atoms with van der Waals surface area (Å²) >= 11 is 11.0. The number of hydrogen-bond acceptors (Lipinski definition) is 3. The van der Waals surface area contributed by atoms with E-state index in [9.17, 15) is 0 Å². The Hall–Kier alpha value is -0.580. The molecule has 0 radical (unpaired) electrons. The lowest BCUT2D eigenvalue weighted by atomic mass is 10.1. The Balaban J connectivity index is 2.59. The Labute approximate surface area is 111 Å². The Morgan fingerprint density at radius 1 is 1.44 bits per heavy atom. The second kappa shape index (κ2) is 4.73. The molecule has 0 N–H and O–H groups in total. The van der Waals surface area contributed by atoms with E-state index in [-0.39, 0.29) is 0 Å². The van der Waals surface area contributed by atoms with Crippen LogP contribution in [-0.4, -0.2) is 12.1 Å². The number of halogens is 2. The second-order valence-electron chi connectivity index (χ2n) is 3.28. The molecule has 0 aliphatic heterocycles. The zero-order chi connectivity index (χ0) is 11.7. The van der Waals surface area contributed by atoms with Gasteiger partial charge in [-0.1, -0.05) is 11.6 Å². The third-order valence-corrected chi connectivity index (χ3v) is 4.18. The highest BCUT2D eigenvalue weighted by Gasteiger charge is 2.12. The summed E-state index contributed by atoms with van der Waals surface area (Å²) in [6, 6.07) is 3.81. The fraction of sp³-hybridized carbons (Fsp3) is 0.182. The second-order valence-corrected chi connectivity index (χ2v) is 5.35. The summed E-state index contributed by atoms with van der Waals surface area (Å²) in [4.78, 5) is 4.36. The SMILES string of the molecule is COc1cc(C)c(Cl)cc1-c1nc(Br)cs1. The maximum Gasteiger partial charge on any atom is 0.129 e. The van der Waals surface area contributed by atoms with E-state index in [2.05, 4.69) is 20.9 Å². The van der Waals surface area contributed by atoms with Crippen molar-refractivity contribution in [3.05, 3.63) is 32.7 Å². The van der Waals surface area contributed by atoms with E-state index in [1.807, 2.05) is 24.4 Å². The molecule has 84 valence electrons. The smallest absolute Gasteiger partial charge is 0.129 e. The van der Waals surface area contributed by atoms with Gasteiger partial charge in [-0.05, 0) is 40.5 Å². The van der Waals surface area contributed by atoms with Gasteiger partial charge in [0.05, 0.1) is 12.7 Å². The maximum absolute atomic E-state index is 6.11. The van der Waals surface area contributed by atoms with Crippen molar-refractivity contribution in [3.8, 4) is 16.3 Å². The number of hydrogen-bond donors (Lipinski definition) is 0. The van der Waals surface area contributed by atoms with Crippen LogP contribution in [-0.2, 0) is 0 Å². The number of aryl methyl sites for hydroxylation is 1. The third-order valence-electron chi connectivity index (χ3n) is 2.19. The quantitative estimate of drug-likeness (QED) is 0.811. The van der Waals surface area contributed by atoms with Gasteiger partial charge in [0.2, 0.25) is 0 Å². The van der Waals surface area contributed by atoms with E-state index in [0.29, 0.717) is 0 Å². The predicted molar refractivity (Wildman–Crippen MR) is 71.5 cm³/mol. The highest BCUT2D eigenvalue weighted by molar-refractivity contribution is 9.10. The van der Waals surface area contributed by atoms with Crippen molar-refractivity contribution in [2.24, 2.45) is 0 Å². The van der Waals surface area contributed by atoms with Crippen LogP contribution in [0.1, 0.15) is 5.56 Å². The highest BCUT2D eigenvalue weighted by Crippen LogP contribution is 2.36. The number of benzene rings is 1. The summed E-state index contributed by atoms with van der Waals surface area (Å²) in [6.45, 7) is 1.95. The molecule has 0 atom stereocenters. The van der Waals surface area contributed by atoms with Gasteiger partial charge >= 0.3 is 0 Å². The zero-order valence-electron chi connectivity index (χ0n) is 8.75. The van der Waals surface area contributed by atoms with Crippen LogP contribution in [0, 0.1) is 6.92 Å². The summed E-state index contributed by atoms with van der Waals surface area (Å²) in [5.74, 6) is 0.795. The van der Waals surface area contributed by atoms with Crippen LogP contribution in [0.25, 0.3) is 10.6 Å². The lowest BCUT2D eigenvalue weighted by Crippen LogP contribution is -1.89. The molecule has 2 nitrogen and oxygen atoms in total. The van der Waals surface area contributed by atoms with Gasteiger partial charge in [0.1, 0.15) is 15.4 Å². The monoisotopic (exact) mass is 317 g/mol. The minimum Gasteiger partial charge on any atom is -0.496 e. The molecule has 0 amide bonds. The third kappa shape index (κ3) is 2.24. The normalized spacial score (nSPS) is 10.5. The molecule has 16 heavy (non-hydrogen) atoms. The lowest BCUT2D eigenvalue weighted by molar-refractivity contribution is 0.416. The van der Waals surface area contributed by atoms with Crippen molar-refractivity contribution < 1.29 is 4.74 Å². The largest absolute Gasteiger partial charge is 0.496 e. The van der Waals surface area contributed by atoms with Crippen molar-refractivity contribution in [3.63, 3.8) is 0 Å². The molecule has 5 heteroatoms. The fourth-order valence-corrected chi connectivity index (χ4v) is 2.81. The van der Waals surface area contributed by atoms with E-state index < -0.39 is 0 Å². The number of thiazole rings is 1. The highest BCUT2D eigenvalue weighted by atomic mass is 79.9. The van der Waals surface area contributed by atoms with Crippen molar-refractivity contribution in [2.45, 2.75) is 6.92 Å². The Morgan fingerprint density at radius 3 is 2.75 bits per heavy atom. The van der Waals surface area contributed by atoms with Gasteiger partial charge < -0.3 is 4.74 Å². The summed E-state index contributed by atoms with van der Waals surface area (Å²) in [5.41, 5.74) is 1.92. The standard InChI is InChI=1S/C11H9BrClNOS/c1-6-3-9(15-2)7(4-8(6)13)11-14-10(12)5-16-11/h3-5H,1-2H3. The van der Waals surface area contributed by atoms with Crippen LogP contribution in [0.3, 0.4) is 0 Å². The van der Waals surface area contributed by atoms with E-state index in [4.69, 9.17) is 16.3 Å². The molecular weight excluding hydrogens is 310 g/mol. The van der Waals surface area contributed by atoms with Gasteiger partial charge in [-0.25, -0.2) is 4.98 Å². The first-order valence-electron chi connectivity index (χ1n) is 4.57. The molecule has 0 aliphatic rings. The van der Waals surface area contributed by atoms with Crippen LogP contribution < -0.4 is 4.74 Å². The number of methoxy groups -OCH3 is 1. The maximum atomic E-state index is 6.11. The van der Waals surface area contributed by atoms with Gasteiger partial charge in [0, 0.05) is 10.4 Å². The molecule has 0 bridgehead atoms. The molecule has 0 aliphatic carbocycles. The molecule has 0 spiro atoms. The first kappa shape index (κ1) is 11.9. The molecule has 0 saturated carbocycles. The minimum atomic E-state index is 0.724. The predicted octanol–water partition coefficient (Wildman–Crippen LogP) is 4.54. The first-order valence-corrected chi connectivity index (χ1v) is 6.62. The minimum absolute atomic E-state index is 0.724. The van der Waals surface area contributed by atoms with E-state index in [1.165, 1.54) is 0 Å². The Kier molecular flexibility index (Phi) is 3.52. The number of nitrogens with zero attached hydrogens (tertiary/aromatic N) is 1. The number of rotatable bonds is 2. The van der Waals surface area contributed by atoms with Gasteiger partial charge in [-0.2, -0.15) is 0 Å². The Bertz CT molecular complexity index is 527. The summed E-state index contributed by atoms with van der Waals surface area (Å²) in [6.07, 6.45) is 0. The van der Waals surface area contributed by atoms with Crippen LogP contribution >= 0.6 is 38.9 Å². The topological polar surface area (TPSA) is 22.1 Å². The fourth-order valence-electron chi connectivity index (χ4n) is 1.37. The molecule has 1 aromatic heterocycles. The summed E-state index contributed by atoms with van der Waals surface area (Å²) < 4.78 is 6.16. The van der Waals surface area contributed by atoms with Crippen molar-refractivity contribution >= 4 is 38.9 Å². The van der Waals surface area contributed by atoms with Crippen LogP contribution in [0.5, 0.6) is 5.75 Å². The Morgan fingerprint density at radius 2 is 2.19 bits per heavy atom. The molecule has 0 fully saturated rings. The molecule has 0 saturated heterocycles. The van der Waals surface area contributed by atoms with Crippen molar-refractivity contribution in [2.75, 3.05) is 7.11 Å². The van der Waals surface area contributed by atoms with Crippen LogP contribution in [0.4, 0.5) is 0 Å². The molecule has 0 unspecified atom stereocenters. The van der Waals surface area contributed by atoms with Crippen LogP contribution in [0.15, 0.2) is 22.1 Å². The lowest BCUT2D eigenvalue weighted by Gasteiger charge is -2.08. The van der Waals surface area contributed by atoms with E-state index in [0.717, 1.165) is 31.5 Å². The van der Waals surface area contributed by atoms with E-state index >= 15 is 0 Å². The van der Waals surface area contributed by atoms with E-state index in [1.54, 1.807) is 18.4 Å². The average molecular weight is 319 g/mol. The molecule has 2 rings (SSSR count). The van der Waals surface area contributed by atoms with Gasteiger partial charge in [-0.3, -0.25) is 0 Å². The molecule has 2 aromatic rings. The van der Waals surface area contributed by atoms with Crippen molar-refractivity contribution in [1.82, 2.24) is 4.98 Å². The molecule has 1 heterocycles. The zero-order valence-corrected chi connectivity index (χ0v) is 11.9. The average Bonchev–Trinajstić information content (AvgIpc) is 2.68. The summed E-state index contributed by atoms with van der Waals surface area (Å²) in [5, 5.41) is 3.55. The van der Waals surface area contributed by atoms with Gasteiger partial charge in [0.15, 0.2) is 0 Å². The van der Waals surface area contributed by atoms with Crippen molar-refractivity contribution in [1.29, 1.82) is 0 Å². The van der Waals surface area contributed by atoms with Crippen LogP contribution in [0.2, 0.25) is 5.02 Å². The van der Waals surface area contributed by atoms with Gasteiger partial charge in [-0.15, -0.1) is 11.3 Å². The number of ether oxygens (including phenoxy) is 1. The van der Waals surface area contributed by atoms with Gasteiger partial charge in [0.25, 0.3) is 0 Å². The number of aromatic nitrogens is 1. The summed E-state index contributed by atoms with van der Waals surface area (Å²) in [7, 11) is 1.65. The first-order chi connectivity index (χ1) is 7.61. The molecular formula is C11H9BrClNOS. The molecule has 1 aromatic carbocycles.